The van der Waals surface area contributed by atoms with E-state index in [2.05, 4.69) is 21.2 Å². The number of hydrogen-bond donors (Lipinski definition) is 1. The predicted molar refractivity (Wildman–Crippen MR) is 56.9 cm³/mol. The minimum Gasteiger partial charge on any atom is -0.380 e. The molecule has 1 aromatic carbocycles. The van der Waals surface area contributed by atoms with Crippen molar-refractivity contribution in [2.24, 2.45) is 0 Å². The van der Waals surface area contributed by atoms with Crippen molar-refractivity contribution >= 4 is 21.6 Å². The van der Waals surface area contributed by atoms with Gasteiger partial charge in [-0.05, 0) is 40.5 Å². The highest BCUT2D eigenvalue weighted by molar-refractivity contribution is 9.10. The van der Waals surface area contributed by atoms with Crippen molar-refractivity contribution in [3.63, 3.8) is 0 Å². The second-order valence-electron chi connectivity index (χ2n) is 3.33. The molecule has 0 spiro atoms. The van der Waals surface area contributed by atoms with E-state index in [1.807, 2.05) is 0 Å². The van der Waals surface area contributed by atoms with E-state index in [0.29, 0.717) is 10.5 Å². The number of halogens is 2. The van der Waals surface area contributed by atoms with E-state index in [1.165, 1.54) is 6.07 Å². The van der Waals surface area contributed by atoms with Crippen LogP contribution >= 0.6 is 15.9 Å². The standard InChI is InChI=1S/C10H11BrFNO/c11-9-5-7(1-2-10(9)12)13-8-3-4-14-6-8/h1-2,5,8,13H,3-4,6H2. The lowest BCUT2D eigenvalue weighted by molar-refractivity contribution is 0.195. The predicted octanol–water partition coefficient (Wildman–Crippen LogP) is 2.79. The van der Waals surface area contributed by atoms with Crippen LogP contribution in [0.15, 0.2) is 22.7 Å². The molecule has 1 aromatic rings. The fraction of sp³-hybridized carbons (Fsp3) is 0.400. The molecule has 0 aliphatic carbocycles. The Hall–Kier alpha value is -0.610. The average Bonchev–Trinajstić information content (AvgIpc) is 2.64. The maximum absolute atomic E-state index is 12.9. The fourth-order valence-electron chi connectivity index (χ4n) is 1.47. The van der Waals surface area contributed by atoms with E-state index in [9.17, 15) is 4.39 Å². The Balaban J connectivity index is 2.05. The first-order valence-electron chi connectivity index (χ1n) is 4.55. The quantitative estimate of drug-likeness (QED) is 0.882. The molecule has 1 saturated heterocycles. The highest BCUT2D eigenvalue weighted by Crippen LogP contribution is 2.21. The summed E-state index contributed by atoms with van der Waals surface area (Å²) < 4.78 is 18.6. The van der Waals surface area contributed by atoms with Gasteiger partial charge in [-0.3, -0.25) is 0 Å². The van der Waals surface area contributed by atoms with Crippen molar-refractivity contribution in [3.05, 3.63) is 28.5 Å². The molecule has 1 unspecified atom stereocenters. The van der Waals surface area contributed by atoms with Crippen molar-refractivity contribution < 1.29 is 9.13 Å². The van der Waals surface area contributed by atoms with Crippen molar-refractivity contribution in [2.75, 3.05) is 18.5 Å². The maximum atomic E-state index is 12.9. The maximum Gasteiger partial charge on any atom is 0.137 e. The third kappa shape index (κ3) is 2.25. The van der Waals surface area contributed by atoms with Gasteiger partial charge in [0.25, 0.3) is 0 Å². The summed E-state index contributed by atoms with van der Waals surface area (Å²) in [6.07, 6.45) is 1.01. The van der Waals surface area contributed by atoms with Crippen LogP contribution in [0.25, 0.3) is 0 Å². The summed E-state index contributed by atoms with van der Waals surface area (Å²) in [5.41, 5.74) is 0.925. The number of nitrogens with one attached hydrogen (secondary N) is 1. The van der Waals surface area contributed by atoms with Gasteiger partial charge in [-0.1, -0.05) is 0 Å². The number of anilines is 1. The average molecular weight is 260 g/mol. The SMILES string of the molecule is Fc1ccc(NC2CCOC2)cc1Br. The summed E-state index contributed by atoms with van der Waals surface area (Å²) in [7, 11) is 0. The molecular weight excluding hydrogens is 249 g/mol. The fourth-order valence-corrected chi connectivity index (χ4v) is 1.85. The van der Waals surface area contributed by atoms with Crippen LogP contribution in [0, 0.1) is 5.82 Å². The van der Waals surface area contributed by atoms with E-state index >= 15 is 0 Å². The normalized spacial score (nSPS) is 21.1. The number of rotatable bonds is 2. The van der Waals surface area contributed by atoms with Gasteiger partial charge in [-0.15, -0.1) is 0 Å². The lowest BCUT2D eigenvalue weighted by Crippen LogP contribution is -2.18. The highest BCUT2D eigenvalue weighted by Gasteiger charge is 2.15. The number of ether oxygens (including phenoxy) is 1. The van der Waals surface area contributed by atoms with Gasteiger partial charge in [0.1, 0.15) is 5.82 Å². The first-order valence-corrected chi connectivity index (χ1v) is 5.34. The van der Waals surface area contributed by atoms with Crippen molar-refractivity contribution in [3.8, 4) is 0 Å². The topological polar surface area (TPSA) is 21.3 Å². The molecule has 0 bridgehead atoms. The summed E-state index contributed by atoms with van der Waals surface area (Å²) in [6, 6.07) is 5.28. The Bertz CT molecular complexity index is 326. The zero-order chi connectivity index (χ0) is 9.97. The molecule has 1 fully saturated rings. The van der Waals surface area contributed by atoms with E-state index < -0.39 is 0 Å². The monoisotopic (exact) mass is 259 g/mol. The molecule has 76 valence electrons. The molecule has 2 nitrogen and oxygen atoms in total. The second kappa shape index (κ2) is 4.28. The Labute approximate surface area is 90.6 Å². The second-order valence-corrected chi connectivity index (χ2v) is 4.19. The van der Waals surface area contributed by atoms with Crippen molar-refractivity contribution in [1.29, 1.82) is 0 Å². The minimum absolute atomic E-state index is 0.238. The molecule has 1 atom stereocenters. The Morgan fingerprint density at radius 1 is 1.50 bits per heavy atom. The van der Waals surface area contributed by atoms with Gasteiger partial charge in [0.15, 0.2) is 0 Å². The molecule has 0 radical (unpaired) electrons. The molecule has 0 saturated carbocycles. The van der Waals surface area contributed by atoms with E-state index in [-0.39, 0.29) is 5.82 Å². The van der Waals surface area contributed by atoms with Gasteiger partial charge >= 0.3 is 0 Å². The van der Waals surface area contributed by atoms with Gasteiger partial charge in [-0.2, -0.15) is 0 Å². The van der Waals surface area contributed by atoms with Gasteiger partial charge in [-0.25, -0.2) is 4.39 Å². The first-order chi connectivity index (χ1) is 6.75. The van der Waals surface area contributed by atoms with Crippen LogP contribution in [0.3, 0.4) is 0 Å². The summed E-state index contributed by atoms with van der Waals surface area (Å²) >= 11 is 3.15. The largest absolute Gasteiger partial charge is 0.380 e. The molecule has 1 aliphatic heterocycles. The van der Waals surface area contributed by atoms with Crippen molar-refractivity contribution in [2.45, 2.75) is 12.5 Å². The van der Waals surface area contributed by atoms with Gasteiger partial charge in [0, 0.05) is 12.3 Å². The Kier molecular flexibility index (Phi) is 3.03. The van der Waals surface area contributed by atoms with E-state index in [0.717, 1.165) is 25.3 Å². The van der Waals surface area contributed by atoms with Gasteiger partial charge < -0.3 is 10.1 Å². The molecule has 14 heavy (non-hydrogen) atoms. The van der Waals surface area contributed by atoms with E-state index in [1.54, 1.807) is 12.1 Å². The molecule has 1 N–H and O–H groups in total. The van der Waals surface area contributed by atoms with Crippen LogP contribution in [-0.4, -0.2) is 19.3 Å². The van der Waals surface area contributed by atoms with Crippen LogP contribution in [0.1, 0.15) is 6.42 Å². The van der Waals surface area contributed by atoms with Crippen LogP contribution in [0.5, 0.6) is 0 Å². The number of benzene rings is 1. The first kappa shape index (κ1) is 9.93. The third-order valence-corrected chi connectivity index (χ3v) is 2.83. The van der Waals surface area contributed by atoms with Crippen LogP contribution in [-0.2, 0) is 4.74 Å². The molecule has 0 amide bonds. The third-order valence-electron chi connectivity index (χ3n) is 2.22. The Morgan fingerprint density at radius 2 is 2.36 bits per heavy atom. The Morgan fingerprint density at radius 3 is 3.00 bits per heavy atom. The molecular formula is C10H11BrFNO. The molecule has 2 rings (SSSR count). The summed E-state index contributed by atoms with van der Waals surface area (Å²) in [6.45, 7) is 1.54. The van der Waals surface area contributed by atoms with Crippen molar-refractivity contribution in [1.82, 2.24) is 0 Å². The highest BCUT2D eigenvalue weighted by atomic mass is 79.9. The lowest BCUT2D eigenvalue weighted by Gasteiger charge is -2.12. The summed E-state index contributed by atoms with van der Waals surface area (Å²) in [5, 5.41) is 3.29. The molecule has 4 heteroatoms. The van der Waals surface area contributed by atoms with Crippen LogP contribution < -0.4 is 5.32 Å². The zero-order valence-corrected chi connectivity index (χ0v) is 9.18. The molecule has 1 heterocycles. The van der Waals surface area contributed by atoms with Crippen LogP contribution in [0.4, 0.5) is 10.1 Å². The summed E-state index contributed by atoms with van der Waals surface area (Å²) in [4.78, 5) is 0. The van der Waals surface area contributed by atoms with E-state index in [4.69, 9.17) is 4.74 Å². The molecule has 1 aliphatic rings. The molecule has 0 aromatic heterocycles. The number of hydrogen-bond acceptors (Lipinski definition) is 2. The summed E-state index contributed by atoms with van der Waals surface area (Å²) in [5.74, 6) is -0.238. The lowest BCUT2D eigenvalue weighted by atomic mass is 10.2. The minimum atomic E-state index is -0.238. The van der Waals surface area contributed by atoms with Gasteiger partial charge in [0.2, 0.25) is 0 Å². The van der Waals surface area contributed by atoms with Crippen LogP contribution in [0.2, 0.25) is 0 Å². The smallest absolute Gasteiger partial charge is 0.137 e. The zero-order valence-electron chi connectivity index (χ0n) is 7.59. The van der Waals surface area contributed by atoms with Gasteiger partial charge in [0.05, 0.1) is 17.1 Å².